The van der Waals surface area contributed by atoms with Gasteiger partial charge < -0.3 is 5.11 Å². The maximum absolute atomic E-state index is 12.2. The molecule has 0 heterocycles. The topological polar surface area (TPSA) is 66.4 Å². The predicted molar refractivity (Wildman–Crippen MR) is 73.0 cm³/mol. The molecule has 0 aliphatic heterocycles. The van der Waals surface area contributed by atoms with Gasteiger partial charge in [0.2, 0.25) is 10.0 Å². The number of sulfonamides is 1. The van der Waals surface area contributed by atoms with Crippen molar-refractivity contribution in [1.29, 1.82) is 0 Å². The number of rotatable bonds is 5. The first-order chi connectivity index (χ1) is 9.13. The minimum Gasteiger partial charge on any atom is -0.394 e. The molecule has 4 nitrogen and oxygen atoms in total. The van der Waals surface area contributed by atoms with Gasteiger partial charge >= 0.3 is 0 Å². The third-order valence-electron chi connectivity index (χ3n) is 2.74. The molecule has 0 bridgehead atoms. The molecule has 2 N–H and O–H groups in total. The van der Waals surface area contributed by atoms with E-state index in [0.29, 0.717) is 0 Å². The van der Waals surface area contributed by atoms with E-state index in [-0.39, 0.29) is 11.5 Å². The van der Waals surface area contributed by atoms with Crippen molar-refractivity contribution < 1.29 is 13.5 Å². The Bertz CT molecular complexity index is 612. The molecular weight excluding hydrogens is 262 g/mol. The number of aliphatic hydroxyl groups excluding tert-OH is 1. The number of nitrogens with one attached hydrogen (secondary N) is 1. The molecule has 0 aromatic heterocycles. The molecule has 0 unspecified atom stereocenters. The summed E-state index contributed by atoms with van der Waals surface area (Å²) in [4.78, 5) is 0.185. The summed E-state index contributed by atoms with van der Waals surface area (Å²) >= 11 is 0. The lowest BCUT2D eigenvalue weighted by molar-refractivity contribution is 0.259. The Morgan fingerprint density at radius 1 is 0.947 bits per heavy atom. The largest absolute Gasteiger partial charge is 0.394 e. The molecule has 1 atom stereocenters. The van der Waals surface area contributed by atoms with Gasteiger partial charge in [-0.15, -0.1) is 0 Å². The summed E-state index contributed by atoms with van der Waals surface area (Å²) in [6.07, 6.45) is 0. The van der Waals surface area contributed by atoms with Crippen LogP contribution in [-0.4, -0.2) is 20.1 Å². The fourth-order valence-electron chi connectivity index (χ4n) is 1.75. The normalized spacial score (nSPS) is 13.1. The van der Waals surface area contributed by atoms with E-state index in [9.17, 15) is 13.5 Å². The molecule has 2 aromatic rings. The minimum absolute atomic E-state index is 0.185. The summed E-state index contributed by atoms with van der Waals surface area (Å²) < 4.78 is 26.8. The van der Waals surface area contributed by atoms with Crippen LogP contribution >= 0.6 is 0 Å². The van der Waals surface area contributed by atoms with Crippen LogP contribution in [0.1, 0.15) is 11.6 Å². The van der Waals surface area contributed by atoms with Crippen LogP contribution < -0.4 is 4.72 Å². The van der Waals surface area contributed by atoms with Crippen molar-refractivity contribution in [3.63, 3.8) is 0 Å². The van der Waals surface area contributed by atoms with Crippen molar-refractivity contribution in [1.82, 2.24) is 4.72 Å². The second-order valence-electron chi connectivity index (χ2n) is 4.08. The molecule has 2 rings (SSSR count). The smallest absolute Gasteiger partial charge is 0.241 e. The zero-order chi connectivity index (χ0) is 13.7. The molecule has 0 amide bonds. The molecule has 0 saturated carbocycles. The van der Waals surface area contributed by atoms with Gasteiger partial charge in [0.25, 0.3) is 0 Å². The van der Waals surface area contributed by atoms with Crippen molar-refractivity contribution >= 4 is 10.0 Å². The van der Waals surface area contributed by atoms with Crippen LogP contribution in [-0.2, 0) is 10.0 Å². The SMILES string of the molecule is O=S(=O)(N[C@@H](CO)c1ccccc1)c1ccccc1. The maximum Gasteiger partial charge on any atom is 0.241 e. The highest BCUT2D eigenvalue weighted by molar-refractivity contribution is 7.89. The molecule has 0 aliphatic rings. The van der Waals surface area contributed by atoms with E-state index < -0.39 is 16.1 Å². The molecular formula is C14H15NO3S. The Kier molecular flexibility index (Phi) is 4.31. The predicted octanol–water partition coefficient (Wildman–Crippen LogP) is 1.70. The molecule has 0 saturated heterocycles. The summed E-state index contributed by atoms with van der Waals surface area (Å²) in [7, 11) is -3.63. The Morgan fingerprint density at radius 3 is 2.00 bits per heavy atom. The summed E-state index contributed by atoms with van der Waals surface area (Å²) in [5.74, 6) is 0. The number of benzene rings is 2. The van der Waals surface area contributed by atoms with Crippen molar-refractivity contribution in [2.24, 2.45) is 0 Å². The Balaban J connectivity index is 2.24. The first-order valence-corrected chi connectivity index (χ1v) is 7.35. The van der Waals surface area contributed by atoms with Crippen molar-refractivity contribution in [2.45, 2.75) is 10.9 Å². The van der Waals surface area contributed by atoms with Gasteiger partial charge in [-0.3, -0.25) is 0 Å². The highest BCUT2D eigenvalue weighted by Crippen LogP contribution is 2.16. The van der Waals surface area contributed by atoms with E-state index in [0.717, 1.165) is 5.56 Å². The van der Waals surface area contributed by atoms with Crippen LogP contribution in [0.25, 0.3) is 0 Å². The van der Waals surface area contributed by atoms with Crippen molar-refractivity contribution in [3.05, 3.63) is 66.2 Å². The summed E-state index contributed by atoms with van der Waals surface area (Å²) in [5, 5.41) is 9.36. The number of hydrogen-bond donors (Lipinski definition) is 2. The first-order valence-electron chi connectivity index (χ1n) is 5.86. The minimum atomic E-state index is -3.63. The van der Waals surface area contributed by atoms with E-state index in [4.69, 9.17) is 0 Å². The highest BCUT2D eigenvalue weighted by Gasteiger charge is 2.20. The monoisotopic (exact) mass is 277 g/mol. The van der Waals surface area contributed by atoms with E-state index in [1.807, 2.05) is 6.07 Å². The van der Waals surface area contributed by atoms with E-state index >= 15 is 0 Å². The quantitative estimate of drug-likeness (QED) is 0.874. The summed E-state index contributed by atoms with van der Waals surface area (Å²) in [6.45, 7) is -0.296. The number of aliphatic hydroxyl groups is 1. The third kappa shape index (κ3) is 3.41. The average Bonchev–Trinajstić information content (AvgIpc) is 2.47. The van der Waals surface area contributed by atoms with Gasteiger partial charge in [0.05, 0.1) is 17.5 Å². The van der Waals surface area contributed by atoms with Gasteiger partial charge in [0.15, 0.2) is 0 Å². The molecule has 0 spiro atoms. The van der Waals surface area contributed by atoms with Crippen LogP contribution in [0, 0.1) is 0 Å². The van der Waals surface area contributed by atoms with Crippen LogP contribution in [0.15, 0.2) is 65.6 Å². The van der Waals surface area contributed by atoms with Gasteiger partial charge in [0, 0.05) is 0 Å². The Hall–Kier alpha value is -1.69. The van der Waals surface area contributed by atoms with Gasteiger partial charge in [-0.05, 0) is 17.7 Å². The molecule has 2 aromatic carbocycles. The fraction of sp³-hybridized carbons (Fsp3) is 0.143. The van der Waals surface area contributed by atoms with Gasteiger partial charge in [-0.2, -0.15) is 0 Å². The van der Waals surface area contributed by atoms with Gasteiger partial charge in [0.1, 0.15) is 0 Å². The first kappa shape index (κ1) is 13.7. The summed E-state index contributed by atoms with van der Waals surface area (Å²) in [5.41, 5.74) is 0.726. The van der Waals surface area contributed by atoms with E-state index in [1.54, 1.807) is 42.5 Å². The van der Waals surface area contributed by atoms with Crippen molar-refractivity contribution in [3.8, 4) is 0 Å². The van der Waals surface area contributed by atoms with Crippen LogP contribution in [0.4, 0.5) is 0 Å². The number of hydrogen-bond acceptors (Lipinski definition) is 3. The molecule has 0 radical (unpaired) electrons. The Labute approximate surface area is 112 Å². The van der Waals surface area contributed by atoms with E-state index in [1.165, 1.54) is 12.1 Å². The molecule has 5 heteroatoms. The van der Waals surface area contributed by atoms with Crippen LogP contribution in [0.5, 0.6) is 0 Å². The molecule has 0 fully saturated rings. The van der Waals surface area contributed by atoms with Crippen molar-refractivity contribution in [2.75, 3.05) is 6.61 Å². The van der Waals surface area contributed by atoms with Gasteiger partial charge in [-0.25, -0.2) is 13.1 Å². The second kappa shape index (κ2) is 5.97. The lowest BCUT2D eigenvalue weighted by Crippen LogP contribution is -2.30. The van der Waals surface area contributed by atoms with E-state index in [2.05, 4.69) is 4.72 Å². The standard InChI is InChI=1S/C14H15NO3S/c16-11-14(12-7-3-1-4-8-12)15-19(17,18)13-9-5-2-6-10-13/h1-10,14-16H,11H2/t14-/m0/s1. The summed E-state index contributed by atoms with van der Waals surface area (Å²) in [6, 6.07) is 16.4. The van der Waals surface area contributed by atoms with Crippen LogP contribution in [0.3, 0.4) is 0 Å². The Morgan fingerprint density at radius 2 is 1.47 bits per heavy atom. The molecule has 19 heavy (non-hydrogen) atoms. The van der Waals surface area contributed by atoms with Crippen LogP contribution in [0.2, 0.25) is 0 Å². The van der Waals surface area contributed by atoms with Gasteiger partial charge in [-0.1, -0.05) is 48.5 Å². The highest BCUT2D eigenvalue weighted by atomic mass is 32.2. The lowest BCUT2D eigenvalue weighted by atomic mass is 10.1. The second-order valence-corrected chi connectivity index (χ2v) is 5.79. The molecule has 0 aliphatic carbocycles. The zero-order valence-corrected chi connectivity index (χ0v) is 11.0. The zero-order valence-electron chi connectivity index (χ0n) is 10.2. The fourth-order valence-corrected chi connectivity index (χ4v) is 2.99. The lowest BCUT2D eigenvalue weighted by Gasteiger charge is -2.16. The molecule has 100 valence electrons. The average molecular weight is 277 g/mol. The third-order valence-corrected chi connectivity index (χ3v) is 4.22. The maximum atomic E-state index is 12.2.